The number of nitrogens with one attached hydrogen (secondary N) is 1. The number of aldehydes is 1. The molecular weight excluding hydrogens is 438 g/mol. The lowest BCUT2D eigenvalue weighted by atomic mass is 10.0. The topological polar surface area (TPSA) is 149 Å². The second-order valence-corrected chi connectivity index (χ2v) is 7.47. The Morgan fingerprint density at radius 2 is 2.28 bits per heavy atom. The average Bonchev–Trinajstić information content (AvgIpc) is 2.81. The molecule has 0 saturated heterocycles. The van der Waals surface area contributed by atoms with Crippen LogP contribution in [0.3, 0.4) is 0 Å². The minimum absolute atomic E-state index is 0.0656. The maximum absolute atomic E-state index is 12.9. The third-order valence-corrected chi connectivity index (χ3v) is 5.11. The Morgan fingerprint density at radius 3 is 2.97 bits per heavy atom. The van der Waals surface area contributed by atoms with Gasteiger partial charge < -0.3 is 14.9 Å². The summed E-state index contributed by atoms with van der Waals surface area (Å²) in [6, 6.07) is 4.51. The summed E-state index contributed by atoms with van der Waals surface area (Å²) in [6.07, 6.45) is 2.69. The van der Waals surface area contributed by atoms with Gasteiger partial charge in [0.1, 0.15) is 41.3 Å². The molecule has 0 spiro atoms. The van der Waals surface area contributed by atoms with Crippen molar-refractivity contribution >= 4 is 35.6 Å². The lowest BCUT2D eigenvalue weighted by Crippen LogP contribution is -2.39. The molecule has 2 amide bonds. The molecule has 0 fully saturated rings. The molecule has 1 atom stereocenters. The number of nitrogens with zero attached hydrogens (tertiary/aromatic N) is 4. The van der Waals surface area contributed by atoms with Crippen LogP contribution >= 0.6 is 11.6 Å². The molecule has 0 radical (unpaired) electrons. The molecule has 2 aromatic rings. The maximum Gasteiger partial charge on any atom is 0.328 e. The number of ether oxygens (including phenoxy) is 1. The van der Waals surface area contributed by atoms with Crippen molar-refractivity contribution in [3.05, 3.63) is 40.7 Å². The molecule has 0 aliphatic carbocycles. The summed E-state index contributed by atoms with van der Waals surface area (Å²) in [4.78, 5) is 34.0. The van der Waals surface area contributed by atoms with Gasteiger partial charge in [-0.15, -0.1) is 11.6 Å². The quantitative estimate of drug-likeness (QED) is 0.401. The number of aryl methyl sites for hydroxylation is 1. The first-order valence-corrected chi connectivity index (χ1v) is 10.5. The van der Waals surface area contributed by atoms with E-state index in [0.717, 1.165) is 5.56 Å². The van der Waals surface area contributed by atoms with Crippen molar-refractivity contribution < 1.29 is 24.5 Å². The van der Waals surface area contributed by atoms with Gasteiger partial charge >= 0.3 is 6.03 Å². The summed E-state index contributed by atoms with van der Waals surface area (Å²) in [5.74, 6) is 0.928. The Balaban J connectivity index is 1.80. The van der Waals surface area contributed by atoms with Gasteiger partial charge in [-0.25, -0.2) is 14.8 Å². The van der Waals surface area contributed by atoms with E-state index in [1.807, 2.05) is 6.07 Å². The van der Waals surface area contributed by atoms with Crippen molar-refractivity contribution in [2.24, 2.45) is 0 Å². The number of aliphatic hydroxyl groups excluding tert-OH is 2. The minimum Gasteiger partial charge on any atom is -0.489 e. The third-order valence-electron chi connectivity index (χ3n) is 4.90. The molecule has 32 heavy (non-hydrogen) atoms. The second-order valence-electron chi connectivity index (χ2n) is 7.10. The Kier molecular flexibility index (Phi) is 7.94. The van der Waals surface area contributed by atoms with E-state index in [2.05, 4.69) is 15.3 Å². The maximum atomic E-state index is 12.9. The summed E-state index contributed by atoms with van der Waals surface area (Å²) >= 11 is 5.60. The number of hydrogen-bond donors (Lipinski definition) is 3. The lowest BCUT2D eigenvalue weighted by Gasteiger charge is -2.29. The number of rotatable bonds is 8. The zero-order chi connectivity index (χ0) is 23.1. The zero-order valence-corrected chi connectivity index (χ0v) is 17.9. The van der Waals surface area contributed by atoms with Crippen LogP contribution in [0.25, 0.3) is 0 Å². The van der Waals surface area contributed by atoms with Gasteiger partial charge in [0.05, 0.1) is 18.9 Å². The van der Waals surface area contributed by atoms with Crippen LogP contribution in [0.5, 0.6) is 5.75 Å². The molecule has 1 aliphatic rings. The smallest absolute Gasteiger partial charge is 0.328 e. The molecule has 1 unspecified atom stereocenters. The number of fused-ring (bicyclic) bond motifs is 1. The molecule has 10 nitrogen and oxygen atoms in total. The van der Waals surface area contributed by atoms with Gasteiger partial charge in [-0.05, 0) is 30.9 Å². The van der Waals surface area contributed by atoms with Crippen LogP contribution in [0, 0.1) is 11.3 Å². The van der Waals surface area contributed by atoms with Gasteiger partial charge in [0.2, 0.25) is 0 Å². The number of alkyl halides is 1. The van der Waals surface area contributed by atoms with E-state index in [1.165, 1.54) is 17.2 Å². The highest BCUT2D eigenvalue weighted by atomic mass is 35.5. The number of halogens is 1. The largest absolute Gasteiger partial charge is 0.489 e. The fourth-order valence-electron chi connectivity index (χ4n) is 3.27. The fourth-order valence-corrected chi connectivity index (χ4v) is 3.52. The van der Waals surface area contributed by atoms with E-state index in [4.69, 9.17) is 16.3 Å². The van der Waals surface area contributed by atoms with Gasteiger partial charge in [0.15, 0.2) is 6.29 Å². The summed E-state index contributed by atoms with van der Waals surface area (Å²) < 4.78 is 5.51. The number of urea groups is 1. The standard InChI is InChI=1S/C21H22ClN5O5/c22-4-3-16(30)12-32-18-7-19(24-9-15(18)8-23)26-21(31)27-5-1-2-13-6-14(10-28)17(11-29)25-20(13)27/h6-7,9,11,16,28,30H,1-5,10,12H2,(H,24,26,31). The van der Waals surface area contributed by atoms with E-state index >= 15 is 0 Å². The Labute approximate surface area is 189 Å². The van der Waals surface area contributed by atoms with Crippen molar-refractivity contribution in [2.45, 2.75) is 32.0 Å². The van der Waals surface area contributed by atoms with Crippen molar-refractivity contribution in [1.82, 2.24) is 9.97 Å². The third kappa shape index (κ3) is 5.31. The number of carbonyl (C=O) groups excluding carboxylic acids is 2. The van der Waals surface area contributed by atoms with Gasteiger partial charge in [0, 0.05) is 24.1 Å². The normalized spacial score (nSPS) is 13.6. The first kappa shape index (κ1) is 23.4. The van der Waals surface area contributed by atoms with E-state index in [9.17, 15) is 25.1 Å². The van der Waals surface area contributed by atoms with Crippen LogP contribution in [0.1, 0.15) is 40.0 Å². The van der Waals surface area contributed by atoms with Crippen molar-refractivity contribution in [2.75, 3.05) is 29.2 Å². The van der Waals surface area contributed by atoms with Gasteiger partial charge in [0.25, 0.3) is 0 Å². The molecule has 3 N–H and O–H groups in total. The Bertz CT molecular complexity index is 1040. The number of aromatic nitrogens is 2. The van der Waals surface area contributed by atoms with Gasteiger partial charge in [-0.2, -0.15) is 5.26 Å². The Hall–Kier alpha value is -3.26. The summed E-state index contributed by atoms with van der Waals surface area (Å²) in [6.45, 7) is -0.00514. The number of pyridine rings is 2. The summed E-state index contributed by atoms with van der Waals surface area (Å²) in [5, 5.41) is 31.2. The second kappa shape index (κ2) is 10.9. The molecular formula is C21H22ClN5O5. The highest BCUT2D eigenvalue weighted by Crippen LogP contribution is 2.28. The van der Waals surface area contributed by atoms with E-state index in [0.29, 0.717) is 43.5 Å². The van der Waals surface area contributed by atoms with Crippen LogP contribution in [0.4, 0.5) is 16.4 Å². The molecule has 0 bridgehead atoms. The van der Waals surface area contributed by atoms with E-state index in [-0.39, 0.29) is 41.9 Å². The number of hydrogen-bond acceptors (Lipinski definition) is 8. The molecule has 2 aromatic heterocycles. The first-order valence-electron chi connectivity index (χ1n) is 9.95. The van der Waals surface area contributed by atoms with Crippen molar-refractivity contribution in [3.8, 4) is 11.8 Å². The first-order chi connectivity index (χ1) is 15.5. The van der Waals surface area contributed by atoms with Crippen molar-refractivity contribution in [3.63, 3.8) is 0 Å². The molecule has 1 aliphatic heterocycles. The van der Waals surface area contributed by atoms with Crippen LogP contribution in [0.2, 0.25) is 0 Å². The van der Waals surface area contributed by atoms with Crippen molar-refractivity contribution in [1.29, 1.82) is 5.26 Å². The van der Waals surface area contributed by atoms with Gasteiger partial charge in [-0.3, -0.25) is 15.0 Å². The molecule has 168 valence electrons. The molecule has 0 aromatic carbocycles. The summed E-state index contributed by atoms with van der Waals surface area (Å²) in [7, 11) is 0. The van der Waals surface area contributed by atoms with E-state index < -0.39 is 12.1 Å². The van der Waals surface area contributed by atoms with Crippen LogP contribution in [-0.4, -0.2) is 57.6 Å². The number of carbonyl (C=O) groups is 2. The number of aliphatic hydroxyl groups is 2. The Morgan fingerprint density at radius 1 is 1.47 bits per heavy atom. The molecule has 3 rings (SSSR count). The number of anilines is 2. The monoisotopic (exact) mass is 459 g/mol. The molecule has 11 heteroatoms. The minimum atomic E-state index is -0.794. The predicted octanol–water partition coefficient (Wildman–Crippen LogP) is 2.01. The molecule has 0 saturated carbocycles. The fraction of sp³-hybridized carbons (Fsp3) is 0.381. The average molecular weight is 460 g/mol. The van der Waals surface area contributed by atoms with Crippen LogP contribution in [-0.2, 0) is 13.0 Å². The SMILES string of the molecule is N#Cc1cnc(NC(=O)N2CCCc3cc(CO)c(C=O)nc32)cc1OCC(O)CCCl. The molecule has 3 heterocycles. The number of nitriles is 1. The highest BCUT2D eigenvalue weighted by Gasteiger charge is 2.26. The lowest BCUT2D eigenvalue weighted by molar-refractivity contribution is 0.105. The summed E-state index contributed by atoms with van der Waals surface area (Å²) in [5.41, 5.74) is 1.39. The zero-order valence-electron chi connectivity index (χ0n) is 17.1. The predicted molar refractivity (Wildman–Crippen MR) is 116 cm³/mol. The van der Waals surface area contributed by atoms with Crippen LogP contribution in [0.15, 0.2) is 18.3 Å². The van der Waals surface area contributed by atoms with Gasteiger partial charge in [-0.1, -0.05) is 0 Å². The highest BCUT2D eigenvalue weighted by molar-refractivity contribution is 6.17. The van der Waals surface area contributed by atoms with E-state index in [1.54, 1.807) is 6.07 Å². The number of amides is 2. The van der Waals surface area contributed by atoms with Crippen LogP contribution < -0.4 is 15.0 Å².